The molecule has 20 heavy (non-hydrogen) atoms. The van der Waals surface area contributed by atoms with E-state index in [1.54, 1.807) is 0 Å². The van der Waals surface area contributed by atoms with Crippen LogP contribution in [0.4, 0.5) is 0 Å². The maximum absolute atomic E-state index is 11.4. The van der Waals surface area contributed by atoms with Crippen molar-refractivity contribution in [3.8, 4) is 0 Å². The molecule has 0 saturated heterocycles. The zero-order valence-electron chi connectivity index (χ0n) is 12.3. The number of hydrogen-bond donors (Lipinski definition) is 2. The van der Waals surface area contributed by atoms with E-state index in [0.717, 1.165) is 25.7 Å². The SMILES string of the molecule is CCCCCCCC[C@H](NC(=O)COC(C)=O)C(=O)O. The van der Waals surface area contributed by atoms with E-state index < -0.39 is 30.5 Å². The van der Waals surface area contributed by atoms with Gasteiger partial charge in [-0.3, -0.25) is 9.59 Å². The second-order valence-corrected chi connectivity index (χ2v) is 4.80. The molecular weight excluding hydrogens is 262 g/mol. The molecular formula is C14H25NO5. The zero-order valence-corrected chi connectivity index (χ0v) is 12.3. The van der Waals surface area contributed by atoms with E-state index in [-0.39, 0.29) is 0 Å². The quantitative estimate of drug-likeness (QED) is 0.447. The summed E-state index contributed by atoms with van der Waals surface area (Å²) in [5.41, 5.74) is 0. The van der Waals surface area contributed by atoms with Crippen LogP contribution in [0, 0.1) is 0 Å². The fourth-order valence-corrected chi connectivity index (χ4v) is 1.79. The molecule has 0 spiro atoms. The third-order valence-corrected chi connectivity index (χ3v) is 2.89. The Balaban J connectivity index is 3.89. The third kappa shape index (κ3) is 10.3. The average molecular weight is 287 g/mol. The zero-order chi connectivity index (χ0) is 15.4. The van der Waals surface area contributed by atoms with Gasteiger partial charge in [-0.05, 0) is 6.42 Å². The summed E-state index contributed by atoms with van der Waals surface area (Å²) in [4.78, 5) is 32.9. The lowest BCUT2D eigenvalue weighted by Crippen LogP contribution is -2.42. The van der Waals surface area contributed by atoms with Crippen molar-refractivity contribution in [3.63, 3.8) is 0 Å². The van der Waals surface area contributed by atoms with Crippen molar-refractivity contribution in [2.75, 3.05) is 6.61 Å². The van der Waals surface area contributed by atoms with Crippen LogP contribution in [0.1, 0.15) is 58.8 Å². The number of nitrogens with one attached hydrogen (secondary N) is 1. The highest BCUT2D eigenvalue weighted by Gasteiger charge is 2.19. The molecule has 0 bridgehead atoms. The van der Waals surface area contributed by atoms with Gasteiger partial charge in [0.15, 0.2) is 6.61 Å². The predicted molar refractivity (Wildman–Crippen MR) is 74.2 cm³/mol. The van der Waals surface area contributed by atoms with E-state index in [1.807, 2.05) is 0 Å². The molecule has 0 aromatic carbocycles. The molecule has 116 valence electrons. The van der Waals surface area contributed by atoms with Gasteiger partial charge in [-0.15, -0.1) is 0 Å². The van der Waals surface area contributed by atoms with Crippen LogP contribution >= 0.6 is 0 Å². The van der Waals surface area contributed by atoms with Crippen LogP contribution in [0.5, 0.6) is 0 Å². The van der Waals surface area contributed by atoms with E-state index in [9.17, 15) is 14.4 Å². The summed E-state index contributed by atoms with van der Waals surface area (Å²) >= 11 is 0. The first kappa shape index (κ1) is 18.4. The Hall–Kier alpha value is -1.59. The second kappa shape index (κ2) is 11.3. The molecule has 0 aliphatic carbocycles. The fraction of sp³-hybridized carbons (Fsp3) is 0.786. The van der Waals surface area contributed by atoms with Gasteiger partial charge < -0.3 is 15.2 Å². The number of rotatable bonds is 11. The Labute approximate surface area is 119 Å². The van der Waals surface area contributed by atoms with Crippen LogP contribution in [0.15, 0.2) is 0 Å². The van der Waals surface area contributed by atoms with E-state index in [1.165, 1.54) is 19.8 Å². The Morgan fingerprint density at radius 3 is 2.25 bits per heavy atom. The Morgan fingerprint density at radius 2 is 1.70 bits per heavy atom. The summed E-state index contributed by atoms with van der Waals surface area (Å²) in [5, 5.41) is 11.4. The number of amides is 1. The van der Waals surface area contributed by atoms with Crippen molar-refractivity contribution in [2.45, 2.75) is 64.8 Å². The minimum atomic E-state index is -1.06. The predicted octanol–water partition coefficient (Wildman–Crippen LogP) is 1.87. The molecule has 0 aromatic rings. The molecule has 0 unspecified atom stereocenters. The number of esters is 1. The number of carbonyl (C=O) groups excluding carboxylic acids is 2. The average Bonchev–Trinajstić information content (AvgIpc) is 2.38. The van der Waals surface area contributed by atoms with Crippen molar-refractivity contribution in [2.24, 2.45) is 0 Å². The maximum atomic E-state index is 11.4. The van der Waals surface area contributed by atoms with Gasteiger partial charge in [0.25, 0.3) is 5.91 Å². The van der Waals surface area contributed by atoms with Crippen LogP contribution in [0.25, 0.3) is 0 Å². The topological polar surface area (TPSA) is 92.7 Å². The van der Waals surface area contributed by atoms with Gasteiger partial charge in [-0.25, -0.2) is 4.79 Å². The molecule has 0 aliphatic heterocycles. The normalized spacial score (nSPS) is 11.7. The lowest BCUT2D eigenvalue weighted by Gasteiger charge is -2.14. The number of carbonyl (C=O) groups is 3. The summed E-state index contributed by atoms with van der Waals surface area (Å²) in [7, 11) is 0. The second-order valence-electron chi connectivity index (χ2n) is 4.80. The number of carboxylic acid groups (broad SMARTS) is 1. The minimum Gasteiger partial charge on any atom is -0.480 e. The van der Waals surface area contributed by atoms with Crippen molar-refractivity contribution in [1.29, 1.82) is 0 Å². The maximum Gasteiger partial charge on any atom is 0.326 e. The molecule has 0 heterocycles. The molecule has 6 heteroatoms. The first-order valence-electron chi connectivity index (χ1n) is 7.13. The smallest absolute Gasteiger partial charge is 0.326 e. The van der Waals surface area contributed by atoms with Gasteiger partial charge in [0, 0.05) is 6.92 Å². The number of ether oxygens (including phenoxy) is 1. The summed E-state index contributed by atoms with van der Waals surface area (Å²) in [6.07, 6.45) is 6.73. The summed E-state index contributed by atoms with van der Waals surface area (Å²) in [5.74, 6) is -2.21. The highest BCUT2D eigenvalue weighted by Crippen LogP contribution is 2.09. The van der Waals surface area contributed by atoms with Gasteiger partial charge in [0.05, 0.1) is 0 Å². The van der Waals surface area contributed by atoms with Crippen LogP contribution in [-0.2, 0) is 19.1 Å². The Morgan fingerprint density at radius 1 is 1.10 bits per heavy atom. The minimum absolute atomic E-state index is 0.396. The van der Waals surface area contributed by atoms with Crippen LogP contribution < -0.4 is 5.32 Å². The van der Waals surface area contributed by atoms with Crippen LogP contribution in [0.3, 0.4) is 0 Å². The number of carboxylic acids is 1. The molecule has 0 fully saturated rings. The van der Waals surface area contributed by atoms with E-state index in [2.05, 4.69) is 17.0 Å². The molecule has 0 radical (unpaired) electrons. The Kier molecular flexibility index (Phi) is 10.4. The van der Waals surface area contributed by atoms with Crippen LogP contribution in [0.2, 0.25) is 0 Å². The molecule has 6 nitrogen and oxygen atoms in total. The first-order chi connectivity index (χ1) is 9.47. The molecule has 2 N–H and O–H groups in total. The Bertz CT molecular complexity index is 317. The number of aliphatic carboxylic acids is 1. The molecule has 0 saturated carbocycles. The fourth-order valence-electron chi connectivity index (χ4n) is 1.79. The van der Waals surface area contributed by atoms with Gasteiger partial charge in [0.1, 0.15) is 6.04 Å². The molecule has 1 amide bonds. The third-order valence-electron chi connectivity index (χ3n) is 2.89. The monoisotopic (exact) mass is 287 g/mol. The first-order valence-corrected chi connectivity index (χ1v) is 7.13. The molecule has 0 aromatic heterocycles. The van der Waals surface area contributed by atoms with Crippen molar-refractivity contribution < 1.29 is 24.2 Å². The summed E-state index contributed by atoms with van der Waals surface area (Å²) < 4.78 is 4.51. The highest BCUT2D eigenvalue weighted by molar-refractivity contribution is 5.85. The van der Waals surface area contributed by atoms with E-state index in [4.69, 9.17) is 5.11 Å². The number of hydrogen-bond acceptors (Lipinski definition) is 4. The summed E-state index contributed by atoms with van der Waals surface area (Å²) in [6, 6.07) is -0.913. The van der Waals surface area contributed by atoms with Crippen molar-refractivity contribution >= 4 is 17.8 Å². The van der Waals surface area contributed by atoms with E-state index in [0.29, 0.717) is 6.42 Å². The largest absolute Gasteiger partial charge is 0.480 e. The van der Waals surface area contributed by atoms with Crippen molar-refractivity contribution in [1.82, 2.24) is 5.32 Å². The number of unbranched alkanes of at least 4 members (excludes halogenated alkanes) is 5. The molecule has 0 aliphatic rings. The van der Waals surface area contributed by atoms with E-state index >= 15 is 0 Å². The van der Waals surface area contributed by atoms with Gasteiger partial charge in [-0.2, -0.15) is 0 Å². The van der Waals surface area contributed by atoms with Gasteiger partial charge in [0.2, 0.25) is 0 Å². The summed E-state index contributed by atoms with van der Waals surface area (Å²) in [6.45, 7) is 2.90. The standard InChI is InChI=1S/C14H25NO5/c1-3-4-5-6-7-8-9-12(14(18)19)15-13(17)10-20-11(2)16/h12H,3-10H2,1-2H3,(H,15,17)(H,18,19)/t12-/m0/s1. The van der Waals surface area contributed by atoms with Crippen molar-refractivity contribution in [3.05, 3.63) is 0 Å². The highest BCUT2D eigenvalue weighted by atomic mass is 16.5. The molecule has 1 atom stereocenters. The van der Waals surface area contributed by atoms with Gasteiger partial charge >= 0.3 is 11.9 Å². The van der Waals surface area contributed by atoms with Crippen LogP contribution in [-0.4, -0.2) is 35.6 Å². The molecule has 0 rings (SSSR count). The lowest BCUT2D eigenvalue weighted by molar-refractivity contribution is -0.148. The lowest BCUT2D eigenvalue weighted by atomic mass is 10.1. The van der Waals surface area contributed by atoms with Gasteiger partial charge in [-0.1, -0.05) is 45.4 Å².